The van der Waals surface area contributed by atoms with E-state index in [2.05, 4.69) is 11.1 Å². The monoisotopic (exact) mass is 227 g/mol. The Morgan fingerprint density at radius 1 is 1.35 bits per heavy atom. The molecule has 1 atom stereocenters. The molecular weight excluding hydrogens is 214 g/mol. The van der Waals surface area contributed by atoms with Crippen LogP contribution in [0.1, 0.15) is 23.6 Å². The molecule has 0 amide bonds. The fourth-order valence-corrected chi connectivity index (χ4v) is 1.84. The third-order valence-corrected chi connectivity index (χ3v) is 2.71. The van der Waals surface area contributed by atoms with Gasteiger partial charge in [-0.3, -0.25) is 0 Å². The van der Waals surface area contributed by atoms with Gasteiger partial charge in [-0.05, 0) is 24.1 Å². The third-order valence-electron chi connectivity index (χ3n) is 2.71. The first-order valence-electron chi connectivity index (χ1n) is 5.43. The smallest absolute Gasteiger partial charge is 0.0991 e. The lowest BCUT2D eigenvalue weighted by molar-refractivity contribution is 0.268. The average molecular weight is 227 g/mol. The SMILES string of the molecule is N#Cc1ccc(C(CCO)n2ccnc2)cc1. The average Bonchev–Trinajstić information content (AvgIpc) is 2.90. The molecule has 4 heteroatoms. The number of aliphatic hydroxyl groups excluding tert-OH is 1. The van der Waals surface area contributed by atoms with E-state index in [-0.39, 0.29) is 12.6 Å². The van der Waals surface area contributed by atoms with Crippen molar-refractivity contribution in [2.45, 2.75) is 12.5 Å². The van der Waals surface area contributed by atoms with E-state index in [0.717, 1.165) is 5.56 Å². The first-order valence-corrected chi connectivity index (χ1v) is 5.43. The van der Waals surface area contributed by atoms with Crippen LogP contribution in [0, 0.1) is 11.3 Å². The van der Waals surface area contributed by atoms with E-state index in [1.165, 1.54) is 0 Å². The Bertz CT molecular complexity index is 496. The van der Waals surface area contributed by atoms with Gasteiger partial charge >= 0.3 is 0 Å². The second-order valence-electron chi connectivity index (χ2n) is 3.77. The first-order chi connectivity index (χ1) is 8.35. The highest BCUT2D eigenvalue weighted by Gasteiger charge is 2.12. The van der Waals surface area contributed by atoms with E-state index in [0.29, 0.717) is 12.0 Å². The lowest BCUT2D eigenvalue weighted by Crippen LogP contribution is -2.10. The number of nitriles is 1. The van der Waals surface area contributed by atoms with Crippen LogP contribution in [-0.4, -0.2) is 21.3 Å². The molecule has 2 rings (SSSR count). The van der Waals surface area contributed by atoms with Crippen LogP contribution in [-0.2, 0) is 0 Å². The molecule has 17 heavy (non-hydrogen) atoms. The van der Waals surface area contributed by atoms with Crippen LogP contribution in [0.25, 0.3) is 0 Å². The highest BCUT2D eigenvalue weighted by atomic mass is 16.3. The predicted molar refractivity (Wildman–Crippen MR) is 63.2 cm³/mol. The summed E-state index contributed by atoms with van der Waals surface area (Å²) in [6, 6.07) is 9.56. The van der Waals surface area contributed by atoms with Gasteiger partial charge in [0, 0.05) is 19.0 Å². The van der Waals surface area contributed by atoms with Gasteiger partial charge in [0.25, 0.3) is 0 Å². The maximum atomic E-state index is 9.11. The highest BCUT2D eigenvalue weighted by molar-refractivity contribution is 5.33. The van der Waals surface area contributed by atoms with Gasteiger partial charge < -0.3 is 9.67 Å². The highest BCUT2D eigenvalue weighted by Crippen LogP contribution is 2.21. The molecule has 0 bridgehead atoms. The summed E-state index contributed by atoms with van der Waals surface area (Å²) in [5, 5.41) is 17.9. The Labute approximate surface area is 99.8 Å². The lowest BCUT2D eigenvalue weighted by Gasteiger charge is -2.17. The summed E-state index contributed by atoms with van der Waals surface area (Å²) in [5.74, 6) is 0. The summed E-state index contributed by atoms with van der Waals surface area (Å²) >= 11 is 0. The number of imidazole rings is 1. The fraction of sp³-hybridized carbons (Fsp3) is 0.231. The summed E-state index contributed by atoms with van der Waals surface area (Å²) in [7, 11) is 0. The molecule has 1 aromatic heterocycles. The number of hydrogen-bond acceptors (Lipinski definition) is 3. The molecule has 86 valence electrons. The molecule has 1 heterocycles. The van der Waals surface area contributed by atoms with Gasteiger partial charge in [-0.1, -0.05) is 12.1 Å². The van der Waals surface area contributed by atoms with E-state index in [4.69, 9.17) is 10.4 Å². The summed E-state index contributed by atoms with van der Waals surface area (Å²) < 4.78 is 1.96. The molecule has 0 saturated carbocycles. The number of aliphatic hydroxyl groups is 1. The summed E-state index contributed by atoms with van der Waals surface area (Å²) in [6.45, 7) is 0.114. The van der Waals surface area contributed by atoms with Gasteiger partial charge in [-0.25, -0.2) is 4.98 Å². The minimum atomic E-state index is 0.0650. The van der Waals surface area contributed by atoms with Crippen molar-refractivity contribution in [3.8, 4) is 6.07 Å². The van der Waals surface area contributed by atoms with Crippen molar-refractivity contribution in [3.63, 3.8) is 0 Å². The van der Waals surface area contributed by atoms with Crippen molar-refractivity contribution in [1.29, 1.82) is 5.26 Å². The molecule has 1 unspecified atom stereocenters. The molecule has 1 N–H and O–H groups in total. The van der Waals surface area contributed by atoms with E-state index in [9.17, 15) is 0 Å². The Morgan fingerprint density at radius 3 is 2.65 bits per heavy atom. The van der Waals surface area contributed by atoms with Crippen molar-refractivity contribution >= 4 is 0 Å². The van der Waals surface area contributed by atoms with Crippen LogP contribution in [0.3, 0.4) is 0 Å². The second-order valence-corrected chi connectivity index (χ2v) is 3.77. The third kappa shape index (κ3) is 2.52. The molecule has 0 aliphatic rings. The summed E-state index contributed by atoms with van der Waals surface area (Å²) in [4.78, 5) is 4.01. The fourth-order valence-electron chi connectivity index (χ4n) is 1.84. The Hall–Kier alpha value is -2.12. The normalized spacial score (nSPS) is 12.0. The Balaban J connectivity index is 2.30. The number of rotatable bonds is 4. The van der Waals surface area contributed by atoms with Gasteiger partial charge in [0.05, 0.1) is 24.0 Å². The van der Waals surface area contributed by atoms with Crippen molar-refractivity contribution < 1.29 is 5.11 Å². The van der Waals surface area contributed by atoms with E-state index < -0.39 is 0 Å². The second kappa shape index (κ2) is 5.28. The molecule has 4 nitrogen and oxygen atoms in total. The van der Waals surface area contributed by atoms with Gasteiger partial charge in [-0.15, -0.1) is 0 Å². The largest absolute Gasteiger partial charge is 0.396 e. The van der Waals surface area contributed by atoms with Gasteiger partial charge in [0.1, 0.15) is 0 Å². The van der Waals surface area contributed by atoms with E-state index in [1.807, 2.05) is 22.9 Å². The zero-order valence-corrected chi connectivity index (χ0v) is 9.32. The van der Waals surface area contributed by atoms with Crippen LogP contribution >= 0.6 is 0 Å². The molecule has 0 fully saturated rings. The topological polar surface area (TPSA) is 61.8 Å². The maximum Gasteiger partial charge on any atom is 0.0991 e. The standard InChI is InChI=1S/C13H13N3O/c14-9-11-1-3-12(4-2-11)13(5-8-17)16-7-6-15-10-16/h1-4,6-7,10,13,17H,5,8H2. The van der Waals surface area contributed by atoms with Gasteiger partial charge in [0.2, 0.25) is 0 Å². The number of aromatic nitrogens is 2. The molecule has 2 aromatic rings. The maximum absolute atomic E-state index is 9.11. The van der Waals surface area contributed by atoms with Gasteiger partial charge in [0.15, 0.2) is 0 Å². The number of benzene rings is 1. The lowest BCUT2D eigenvalue weighted by atomic mass is 10.0. The van der Waals surface area contributed by atoms with Crippen molar-refractivity contribution in [2.75, 3.05) is 6.61 Å². The predicted octanol–water partition coefficient (Wildman–Crippen LogP) is 1.73. The van der Waals surface area contributed by atoms with Crippen LogP contribution in [0.2, 0.25) is 0 Å². The Kier molecular flexibility index (Phi) is 3.53. The number of nitrogens with zero attached hydrogens (tertiary/aromatic N) is 3. The Morgan fingerprint density at radius 2 is 2.12 bits per heavy atom. The van der Waals surface area contributed by atoms with Gasteiger partial charge in [-0.2, -0.15) is 5.26 Å². The molecule has 0 aliphatic heterocycles. The molecule has 0 spiro atoms. The van der Waals surface area contributed by atoms with Crippen LogP contribution < -0.4 is 0 Å². The minimum Gasteiger partial charge on any atom is -0.396 e. The van der Waals surface area contributed by atoms with E-state index in [1.54, 1.807) is 24.7 Å². The first kappa shape index (κ1) is 11.4. The van der Waals surface area contributed by atoms with Crippen LogP contribution in [0.5, 0.6) is 0 Å². The van der Waals surface area contributed by atoms with Crippen LogP contribution in [0.4, 0.5) is 0 Å². The summed E-state index contributed by atoms with van der Waals surface area (Å²) in [5.41, 5.74) is 1.71. The zero-order chi connectivity index (χ0) is 12.1. The molecular formula is C13H13N3O. The molecule has 0 aliphatic carbocycles. The molecule has 0 radical (unpaired) electrons. The van der Waals surface area contributed by atoms with E-state index >= 15 is 0 Å². The summed E-state index contributed by atoms with van der Waals surface area (Å²) in [6.07, 6.45) is 5.95. The van der Waals surface area contributed by atoms with Crippen molar-refractivity contribution in [3.05, 3.63) is 54.1 Å². The number of hydrogen-bond donors (Lipinski definition) is 1. The molecule has 0 saturated heterocycles. The quantitative estimate of drug-likeness (QED) is 0.865. The van der Waals surface area contributed by atoms with Crippen molar-refractivity contribution in [2.24, 2.45) is 0 Å². The van der Waals surface area contributed by atoms with Crippen LogP contribution in [0.15, 0.2) is 43.0 Å². The molecule has 1 aromatic carbocycles. The minimum absolute atomic E-state index is 0.0650. The van der Waals surface area contributed by atoms with Crippen molar-refractivity contribution in [1.82, 2.24) is 9.55 Å². The zero-order valence-electron chi connectivity index (χ0n) is 9.32.